The molecule has 0 rings (SSSR count). The number of hydrogen-bond donors (Lipinski definition) is 0. The first-order valence-electron chi connectivity index (χ1n) is 4.07. The fourth-order valence-electron chi connectivity index (χ4n) is 0.751. The van der Waals surface area contributed by atoms with Crippen LogP contribution in [-0.4, -0.2) is 18.9 Å². The molecule has 0 saturated heterocycles. The van der Waals surface area contributed by atoms with E-state index in [0.717, 1.165) is 0 Å². The maximum Gasteiger partial charge on any atom is 0.404 e. The lowest BCUT2D eigenvalue weighted by atomic mass is 10.6. The summed E-state index contributed by atoms with van der Waals surface area (Å²) in [7, 11) is -4.43. The second-order valence-corrected chi connectivity index (χ2v) is 4.38. The van der Waals surface area contributed by atoms with Gasteiger partial charge >= 0.3 is 13.3 Å². The van der Waals surface area contributed by atoms with Crippen LogP contribution in [0, 0.1) is 0 Å². The van der Waals surface area contributed by atoms with Gasteiger partial charge in [0.05, 0.1) is 13.2 Å². The Hall–Kier alpha value is -0.470. The van der Waals surface area contributed by atoms with E-state index in [9.17, 15) is 13.3 Å². The van der Waals surface area contributed by atoms with Crippen molar-refractivity contribution in [2.75, 3.05) is 13.2 Å². The minimum Gasteiger partial charge on any atom is -0.304 e. The van der Waals surface area contributed by atoms with Crippen LogP contribution in [0.2, 0.25) is 0 Å². The van der Waals surface area contributed by atoms with Gasteiger partial charge in [0, 0.05) is 6.08 Å². The first-order chi connectivity index (χ1) is 6.43. The largest absolute Gasteiger partial charge is 0.404 e. The number of alkyl halides is 2. The van der Waals surface area contributed by atoms with Crippen molar-refractivity contribution in [3.8, 4) is 0 Å². The topological polar surface area (TPSA) is 35.5 Å². The third-order valence-electron chi connectivity index (χ3n) is 1.24. The maximum absolute atomic E-state index is 13.2. The van der Waals surface area contributed by atoms with Gasteiger partial charge in [-0.3, -0.25) is 4.57 Å². The SMILES string of the molecule is C=C=CC(F)(F)P(=O)(OCC)OCC. The molecule has 0 unspecified atom stereocenters. The highest BCUT2D eigenvalue weighted by atomic mass is 31.2. The fourth-order valence-corrected chi connectivity index (χ4v) is 2.10. The molecule has 14 heavy (non-hydrogen) atoms. The smallest absolute Gasteiger partial charge is 0.304 e. The van der Waals surface area contributed by atoms with Gasteiger partial charge in [-0.25, -0.2) is 0 Å². The van der Waals surface area contributed by atoms with Crippen LogP contribution in [0.5, 0.6) is 0 Å². The lowest BCUT2D eigenvalue weighted by Crippen LogP contribution is -2.17. The van der Waals surface area contributed by atoms with Crippen molar-refractivity contribution in [1.29, 1.82) is 0 Å². The molecule has 0 radical (unpaired) electrons. The van der Waals surface area contributed by atoms with Gasteiger partial charge in [-0.2, -0.15) is 8.78 Å². The Morgan fingerprint density at radius 3 is 2.14 bits per heavy atom. The Morgan fingerprint density at radius 2 is 1.86 bits per heavy atom. The predicted molar refractivity (Wildman–Crippen MR) is 49.5 cm³/mol. The van der Waals surface area contributed by atoms with Crippen molar-refractivity contribution in [3.63, 3.8) is 0 Å². The summed E-state index contributed by atoms with van der Waals surface area (Å²) in [6, 6.07) is 0. The monoisotopic (exact) mass is 226 g/mol. The van der Waals surface area contributed by atoms with Gasteiger partial charge in [-0.1, -0.05) is 6.58 Å². The minimum absolute atomic E-state index is 0.113. The van der Waals surface area contributed by atoms with Gasteiger partial charge in [-0.15, -0.1) is 5.73 Å². The maximum atomic E-state index is 13.2. The number of rotatable bonds is 6. The van der Waals surface area contributed by atoms with E-state index in [1.807, 2.05) is 5.73 Å². The number of allylic oxidation sites excluding steroid dienone is 1. The predicted octanol–water partition coefficient (Wildman–Crippen LogP) is 3.19. The summed E-state index contributed by atoms with van der Waals surface area (Å²) in [5, 5.41) is 0. The molecule has 0 aromatic rings. The Labute approximate surface area is 81.9 Å². The zero-order valence-corrected chi connectivity index (χ0v) is 9.02. The first-order valence-corrected chi connectivity index (χ1v) is 5.61. The molecule has 0 aromatic heterocycles. The van der Waals surface area contributed by atoms with E-state index in [0.29, 0.717) is 6.08 Å². The standard InChI is InChI=1S/C8H13F2O3P/c1-4-7-8(9,10)14(11,12-5-2)13-6-3/h7H,1,5-6H2,2-3H3. The average molecular weight is 226 g/mol. The molecular weight excluding hydrogens is 213 g/mol. The van der Waals surface area contributed by atoms with E-state index in [2.05, 4.69) is 15.6 Å². The second kappa shape index (κ2) is 5.42. The van der Waals surface area contributed by atoms with Crippen LogP contribution in [0.1, 0.15) is 13.8 Å². The molecule has 3 nitrogen and oxygen atoms in total. The molecule has 0 heterocycles. The fraction of sp³-hybridized carbons (Fsp3) is 0.625. The molecule has 0 amide bonds. The molecular formula is C8H13F2O3P. The van der Waals surface area contributed by atoms with Crippen LogP contribution in [-0.2, 0) is 13.6 Å². The Bertz CT molecular complexity index is 262. The van der Waals surface area contributed by atoms with Gasteiger partial charge in [0.15, 0.2) is 0 Å². The zero-order valence-electron chi connectivity index (χ0n) is 8.13. The highest BCUT2D eigenvalue weighted by molar-refractivity contribution is 7.55. The van der Waals surface area contributed by atoms with Gasteiger partial charge in [0.2, 0.25) is 0 Å². The Morgan fingerprint density at radius 1 is 1.43 bits per heavy atom. The van der Waals surface area contributed by atoms with Crippen LogP contribution in [0.3, 0.4) is 0 Å². The number of halogens is 2. The molecule has 0 saturated carbocycles. The molecule has 0 aliphatic heterocycles. The Balaban J connectivity index is 4.97. The third kappa shape index (κ3) is 3.03. The highest BCUT2D eigenvalue weighted by Crippen LogP contribution is 2.62. The van der Waals surface area contributed by atoms with Crippen molar-refractivity contribution < 1.29 is 22.4 Å². The van der Waals surface area contributed by atoms with Crippen molar-refractivity contribution in [1.82, 2.24) is 0 Å². The molecule has 0 aliphatic rings. The van der Waals surface area contributed by atoms with E-state index < -0.39 is 13.3 Å². The van der Waals surface area contributed by atoms with E-state index in [-0.39, 0.29) is 13.2 Å². The van der Waals surface area contributed by atoms with Crippen LogP contribution in [0.4, 0.5) is 8.78 Å². The molecule has 0 N–H and O–H groups in total. The summed E-state index contributed by atoms with van der Waals surface area (Å²) in [4.78, 5) is 0. The summed E-state index contributed by atoms with van der Waals surface area (Å²) >= 11 is 0. The van der Waals surface area contributed by atoms with Crippen molar-refractivity contribution in [2.45, 2.75) is 19.5 Å². The third-order valence-corrected chi connectivity index (χ3v) is 3.29. The van der Waals surface area contributed by atoms with E-state index in [1.54, 1.807) is 0 Å². The second-order valence-electron chi connectivity index (χ2n) is 2.27. The van der Waals surface area contributed by atoms with E-state index in [4.69, 9.17) is 0 Å². The summed E-state index contributed by atoms with van der Waals surface area (Å²) in [6.45, 7) is 5.68. The van der Waals surface area contributed by atoms with Gasteiger partial charge in [0.1, 0.15) is 0 Å². The Kier molecular flexibility index (Phi) is 5.24. The normalized spacial score (nSPS) is 12.3. The van der Waals surface area contributed by atoms with E-state index >= 15 is 0 Å². The molecule has 0 bridgehead atoms. The number of hydrogen-bond acceptors (Lipinski definition) is 3. The van der Waals surface area contributed by atoms with Crippen molar-refractivity contribution in [3.05, 3.63) is 18.4 Å². The molecule has 0 atom stereocenters. The van der Waals surface area contributed by atoms with Crippen LogP contribution in [0.15, 0.2) is 18.4 Å². The zero-order chi connectivity index (χ0) is 11.2. The summed E-state index contributed by atoms with van der Waals surface area (Å²) in [5.41, 5.74) is -1.81. The first kappa shape index (κ1) is 13.5. The minimum atomic E-state index is -4.43. The summed E-state index contributed by atoms with van der Waals surface area (Å²) < 4.78 is 46.8. The van der Waals surface area contributed by atoms with Gasteiger partial charge < -0.3 is 9.05 Å². The van der Waals surface area contributed by atoms with Gasteiger partial charge in [0.25, 0.3) is 0 Å². The van der Waals surface area contributed by atoms with Crippen molar-refractivity contribution in [2.24, 2.45) is 0 Å². The van der Waals surface area contributed by atoms with Crippen LogP contribution in [0.25, 0.3) is 0 Å². The molecule has 0 aliphatic carbocycles. The highest BCUT2D eigenvalue weighted by Gasteiger charge is 2.51. The average Bonchev–Trinajstić information content (AvgIpc) is 2.04. The molecule has 0 fully saturated rings. The summed E-state index contributed by atoms with van der Waals surface area (Å²) in [6.07, 6.45) is 0.291. The van der Waals surface area contributed by atoms with Crippen LogP contribution < -0.4 is 0 Å². The summed E-state index contributed by atoms with van der Waals surface area (Å²) in [5.74, 6) is 0. The van der Waals surface area contributed by atoms with Crippen LogP contribution >= 0.6 is 7.60 Å². The molecule has 0 spiro atoms. The lowest BCUT2D eigenvalue weighted by Gasteiger charge is -2.22. The molecule has 0 aromatic carbocycles. The molecule has 82 valence electrons. The lowest BCUT2D eigenvalue weighted by molar-refractivity contribution is 0.0795. The van der Waals surface area contributed by atoms with Crippen molar-refractivity contribution >= 4 is 7.60 Å². The van der Waals surface area contributed by atoms with E-state index in [1.165, 1.54) is 13.8 Å². The van der Waals surface area contributed by atoms with Gasteiger partial charge in [-0.05, 0) is 13.8 Å². The molecule has 6 heteroatoms. The quantitative estimate of drug-likeness (QED) is 0.515.